The van der Waals surface area contributed by atoms with Gasteiger partial charge >= 0.3 is 0 Å². The molecule has 0 amide bonds. The molecular weight excluding hydrogens is 378 g/mol. The monoisotopic (exact) mass is 429 g/mol. The van der Waals surface area contributed by atoms with Crippen molar-refractivity contribution in [2.24, 2.45) is 5.41 Å². The molecule has 31 heavy (non-hydrogen) atoms. The van der Waals surface area contributed by atoms with Crippen LogP contribution in [-0.4, -0.2) is 56.7 Å². The first-order valence-electron chi connectivity index (χ1n) is 12.6. The summed E-state index contributed by atoms with van der Waals surface area (Å²) in [4.78, 5) is 7.06. The van der Waals surface area contributed by atoms with Gasteiger partial charge in [-0.2, -0.15) is 0 Å². The van der Waals surface area contributed by atoms with Crippen molar-refractivity contribution in [1.29, 1.82) is 0 Å². The van der Waals surface area contributed by atoms with Gasteiger partial charge in [0.25, 0.3) is 0 Å². The summed E-state index contributed by atoms with van der Waals surface area (Å²) in [7, 11) is 8.22. The Kier molecular flexibility index (Phi) is 9.05. The summed E-state index contributed by atoms with van der Waals surface area (Å²) in [6.07, 6.45) is 8.56. The molecule has 1 aromatic carbocycles. The topological polar surface area (TPSA) is 9.72 Å². The van der Waals surface area contributed by atoms with Crippen molar-refractivity contribution in [3.05, 3.63) is 29.3 Å². The minimum atomic E-state index is 0.270. The summed E-state index contributed by atoms with van der Waals surface area (Å²) in [6, 6.07) is 7.01. The van der Waals surface area contributed by atoms with Gasteiger partial charge in [0.1, 0.15) is 0 Å². The molecule has 1 spiro atoms. The van der Waals surface area contributed by atoms with E-state index < -0.39 is 0 Å². The third kappa shape index (κ3) is 6.71. The van der Waals surface area contributed by atoms with Gasteiger partial charge in [0.2, 0.25) is 0 Å². The molecule has 3 heteroatoms. The van der Waals surface area contributed by atoms with Crippen LogP contribution in [0.2, 0.25) is 0 Å². The summed E-state index contributed by atoms with van der Waals surface area (Å²) >= 11 is 0. The Morgan fingerprint density at radius 1 is 0.839 bits per heavy atom. The van der Waals surface area contributed by atoms with E-state index in [-0.39, 0.29) is 5.54 Å². The first-order valence-corrected chi connectivity index (χ1v) is 12.6. The molecule has 0 bridgehead atoms. The van der Waals surface area contributed by atoms with Gasteiger partial charge < -0.3 is 4.90 Å². The highest BCUT2D eigenvalue weighted by Crippen LogP contribution is 2.53. The van der Waals surface area contributed by atoms with Gasteiger partial charge in [0, 0.05) is 24.4 Å². The van der Waals surface area contributed by atoms with Crippen LogP contribution < -0.4 is 4.90 Å². The predicted molar refractivity (Wildman–Crippen MR) is 138 cm³/mol. The van der Waals surface area contributed by atoms with Crippen LogP contribution in [0.4, 0.5) is 5.69 Å². The first kappa shape index (κ1) is 26.2. The van der Waals surface area contributed by atoms with Gasteiger partial charge in [-0.15, -0.1) is 0 Å². The SMILES string of the molecule is CC(C)c1cccc(C(C)C)c1N1CC2(CCCCC2)CC1(C)C.CN(C)CN(C)C. The summed E-state index contributed by atoms with van der Waals surface area (Å²) < 4.78 is 0. The van der Waals surface area contributed by atoms with Crippen molar-refractivity contribution >= 4 is 5.69 Å². The van der Waals surface area contributed by atoms with Gasteiger partial charge in [-0.3, -0.25) is 9.80 Å². The third-order valence-corrected chi connectivity index (χ3v) is 7.12. The lowest BCUT2D eigenvalue weighted by molar-refractivity contribution is 0.204. The smallest absolute Gasteiger partial charge is 0.0495 e. The van der Waals surface area contributed by atoms with Crippen LogP contribution in [-0.2, 0) is 0 Å². The fraction of sp³-hybridized carbons (Fsp3) is 0.786. The zero-order valence-electron chi connectivity index (χ0n) is 22.4. The minimum absolute atomic E-state index is 0.270. The summed E-state index contributed by atoms with van der Waals surface area (Å²) in [5.74, 6) is 1.16. The second-order valence-electron chi connectivity index (χ2n) is 12.0. The second kappa shape index (κ2) is 10.7. The van der Waals surface area contributed by atoms with E-state index in [2.05, 4.69) is 103 Å². The summed E-state index contributed by atoms with van der Waals surface area (Å²) in [6.45, 7) is 16.7. The number of benzene rings is 1. The van der Waals surface area contributed by atoms with E-state index in [9.17, 15) is 0 Å². The van der Waals surface area contributed by atoms with Crippen LogP contribution in [0.25, 0.3) is 0 Å². The van der Waals surface area contributed by atoms with E-state index >= 15 is 0 Å². The number of para-hydroxylation sites is 1. The standard InChI is InChI=1S/C23H37N.C5H14N2/c1-17(2)19-11-10-12-20(18(3)4)21(19)24-16-23(15-22(24,5)6)13-8-7-9-14-23;1-6(2)5-7(3)4/h10-12,17-18H,7-9,13-16H2,1-6H3;5H2,1-4H3. The first-order chi connectivity index (χ1) is 14.4. The molecule has 0 unspecified atom stereocenters. The van der Waals surface area contributed by atoms with Crippen LogP contribution in [0, 0.1) is 5.41 Å². The number of hydrogen-bond acceptors (Lipinski definition) is 3. The Bertz CT molecular complexity index is 649. The molecule has 178 valence electrons. The van der Waals surface area contributed by atoms with E-state index in [0.29, 0.717) is 17.3 Å². The predicted octanol–water partition coefficient (Wildman–Crippen LogP) is 6.94. The minimum Gasteiger partial charge on any atom is -0.365 e. The molecule has 0 radical (unpaired) electrons. The molecule has 1 aromatic rings. The number of nitrogens with zero attached hydrogens (tertiary/aromatic N) is 3. The lowest BCUT2D eigenvalue weighted by Gasteiger charge is -2.38. The van der Waals surface area contributed by atoms with Crippen molar-refractivity contribution in [1.82, 2.24) is 9.80 Å². The van der Waals surface area contributed by atoms with Gasteiger partial charge in [-0.25, -0.2) is 0 Å². The molecule has 2 aliphatic rings. The largest absolute Gasteiger partial charge is 0.365 e. The summed E-state index contributed by atoms with van der Waals surface area (Å²) in [5, 5.41) is 0. The van der Waals surface area contributed by atoms with Gasteiger partial charge in [-0.1, -0.05) is 65.2 Å². The highest BCUT2D eigenvalue weighted by molar-refractivity contribution is 5.64. The molecule has 1 aliphatic carbocycles. The van der Waals surface area contributed by atoms with E-state index in [4.69, 9.17) is 0 Å². The van der Waals surface area contributed by atoms with Crippen LogP contribution in [0.3, 0.4) is 0 Å². The molecule has 3 rings (SSSR count). The molecule has 0 atom stereocenters. The van der Waals surface area contributed by atoms with Crippen molar-refractivity contribution in [3.63, 3.8) is 0 Å². The Labute approximate surface area is 194 Å². The Balaban J connectivity index is 0.000000423. The molecule has 1 aliphatic heterocycles. The number of rotatable bonds is 5. The van der Waals surface area contributed by atoms with E-state index in [1.807, 2.05) is 0 Å². The maximum atomic E-state index is 2.81. The maximum absolute atomic E-state index is 2.81. The molecule has 1 saturated carbocycles. The average Bonchev–Trinajstić information content (AvgIpc) is 2.90. The molecular formula is C28H51N3. The fourth-order valence-electron chi connectivity index (χ4n) is 6.03. The second-order valence-corrected chi connectivity index (χ2v) is 12.0. The highest BCUT2D eigenvalue weighted by Gasteiger charge is 2.49. The van der Waals surface area contributed by atoms with Crippen LogP contribution >= 0.6 is 0 Å². The molecule has 1 heterocycles. The van der Waals surface area contributed by atoms with E-state index in [1.54, 1.807) is 16.8 Å². The van der Waals surface area contributed by atoms with Crippen molar-refractivity contribution in [3.8, 4) is 0 Å². The van der Waals surface area contributed by atoms with Crippen molar-refractivity contribution in [2.45, 2.75) is 97.4 Å². The Morgan fingerprint density at radius 2 is 1.32 bits per heavy atom. The zero-order valence-corrected chi connectivity index (χ0v) is 22.4. The molecule has 2 fully saturated rings. The maximum Gasteiger partial charge on any atom is 0.0495 e. The lowest BCUT2D eigenvalue weighted by Crippen LogP contribution is -2.39. The van der Waals surface area contributed by atoms with Crippen LogP contribution in [0.1, 0.15) is 103 Å². The Hall–Kier alpha value is -1.06. The van der Waals surface area contributed by atoms with Gasteiger partial charge in [0.15, 0.2) is 0 Å². The normalized spacial score (nSPS) is 20.1. The quantitative estimate of drug-likeness (QED) is 0.469. The number of anilines is 1. The summed E-state index contributed by atoms with van der Waals surface area (Å²) in [5.41, 5.74) is 5.49. The van der Waals surface area contributed by atoms with Gasteiger partial charge in [-0.05, 0) is 89.7 Å². The molecule has 1 saturated heterocycles. The molecule has 0 N–H and O–H groups in total. The van der Waals surface area contributed by atoms with E-state index in [1.165, 1.54) is 45.1 Å². The van der Waals surface area contributed by atoms with Gasteiger partial charge in [0.05, 0.1) is 0 Å². The average molecular weight is 430 g/mol. The van der Waals surface area contributed by atoms with Crippen molar-refractivity contribution in [2.75, 3.05) is 46.3 Å². The zero-order chi connectivity index (χ0) is 23.4. The third-order valence-electron chi connectivity index (χ3n) is 7.12. The molecule has 0 aromatic heterocycles. The Morgan fingerprint density at radius 3 is 1.71 bits per heavy atom. The highest BCUT2D eigenvalue weighted by atomic mass is 15.3. The van der Waals surface area contributed by atoms with Crippen LogP contribution in [0.5, 0.6) is 0 Å². The fourth-order valence-corrected chi connectivity index (χ4v) is 6.03. The van der Waals surface area contributed by atoms with Crippen molar-refractivity contribution < 1.29 is 0 Å². The van der Waals surface area contributed by atoms with E-state index in [0.717, 1.165) is 6.67 Å². The molecule has 3 nitrogen and oxygen atoms in total. The lowest BCUT2D eigenvalue weighted by atomic mass is 9.71. The van der Waals surface area contributed by atoms with Crippen LogP contribution in [0.15, 0.2) is 18.2 Å². The number of hydrogen-bond donors (Lipinski definition) is 0.